The summed E-state index contributed by atoms with van der Waals surface area (Å²) in [7, 11) is 8.11. The van der Waals surface area contributed by atoms with Gasteiger partial charge in [-0.25, -0.2) is 0 Å². The van der Waals surface area contributed by atoms with E-state index in [1.165, 1.54) is 0 Å². The summed E-state index contributed by atoms with van der Waals surface area (Å²) in [5, 5.41) is 4.43. The van der Waals surface area contributed by atoms with E-state index in [0.29, 0.717) is 0 Å². The SMILES string of the molecule is CN(C)c1ccc2cc(C(=O)c3ccc4cc(N(C)C)ccc4c3)ccc2c1. The first-order valence-corrected chi connectivity index (χ1v) is 9.39. The van der Waals surface area contributed by atoms with Crippen molar-refractivity contribution in [1.29, 1.82) is 0 Å². The summed E-state index contributed by atoms with van der Waals surface area (Å²) in [4.78, 5) is 17.2. The minimum Gasteiger partial charge on any atom is -0.378 e. The van der Waals surface area contributed by atoms with Gasteiger partial charge in [0, 0.05) is 50.7 Å². The average molecular weight is 368 g/mol. The van der Waals surface area contributed by atoms with Gasteiger partial charge in [-0.2, -0.15) is 0 Å². The molecule has 0 radical (unpaired) electrons. The number of carbonyl (C=O) groups is 1. The zero-order valence-corrected chi connectivity index (χ0v) is 16.7. The van der Waals surface area contributed by atoms with Crippen molar-refractivity contribution in [3.8, 4) is 0 Å². The minimum atomic E-state index is 0.0529. The van der Waals surface area contributed by atoms with Crippen LogP contribution in [0.25, 0.3) is 21.5 Å². The first kappa shape index (κ1) is 18.1. The van der Waals surface area contributed by atoms with Crippen LogP contribution < -0.4 is 9.80 Å². The molecule has 0 N–H and O–H groups in total. The number of carbonyl (C=O) groups excluding carboxylic acids is 1. The predicted molar refractivity (Wildman–Crippen MR) is 120 cm³/mol. The van der Waals surface area contributed by atoms with Crippen molar-refractivity contribution in [3.05, 3.63) is 83.9 Å². The Kier molecular flexibility index (Phi) is 4.52. The van der Waals surface area contributed by atoms with Crippen LogP contribution in [0.5, 0.6) is 0 Å². The van der Waals surface area contributed by atoms with Crippen molar-refractivity contribution in [2.75, 3.05) is 38.0 Å². The third-order valence-corrected chi connectivity index (χ3v) is 5.20. The molecule has 3 nitrogen and oxygen atoms in total. The van der Waals surface area contributed by atoms with Gasteiger partial charge in [-0.1, -0.05) is 36.4 Å². The molecule has 0 spiro atoms. The summed E-state index contributed by atoms with van der Waals surface area (Å²) in [6.45, 7) is 0. The lowest BCUT2D eigenvalue weighted by molar-refractivity contribution is 0.103. The Morgan fingerprint density at radius 1 is 0.536 bits per heavy atom. The van der Waals surface area contributed by atoms with Gasteiger partial charge in [-0.05, 0) is 57.9 Å². The summed E-state index contributed by atoms with van der Waals surface area (Å²) >= 11 is 0. The third-order valence-electron chi connectivity index (χ3n) is 5.20. The predicted octanol–water partition coefficient (Wildman–Crippen LogP) is 5.36. The number of hydrogen-bond acceptors (Lipinski definition) is 3. The van der Waals surface area contributed by atoms with Crippen molar-refractivity contribution in [1.82, 2.24) is 0 Å². The highest BCUT2D eigenvalue weighted by molar-refractivity contribution is 6.12. The zero-order valence-electron chi connectivity index (χ0n) is 16.7. The lowest BCUT2D eigenvalue weighted by Gasteiger charge is -2.14. The zero-order chi connectivity index (χ0) is 19.8. The van der Waals surface area contributed by atoms with Crippen LogP contribution in [0.2, 0.25) is 0 Å². The quantitative estimate of drug-likeness (QED) is 0.453. The van der Waals surface area contributed by atoms with Gasteiger partial charge in [0.05, 0.1) is 0 Å². The van der Waals surface area contributed by atoms with E-state index in [2.05, 4.69) is 46.2 Å². The van der Waals surface area contributed by atoms with E-state index in [0.717, 1.165) is 44.0 Å². The maximum Gasteiger partial charge on any atom is 0.193 e. The lowest BCUT2D eigenvalue weighted by Crippen LogP contribution is -2.08. The van der Waals surface area contributed by atoms with E-state index in [4.69, 9.17) is 0 Å². The molecular weight excluding hydrogens is 344 g/mol. The lowest BCUT2D eigenvalue weighted by atomic mass is 9.97. The second-order valence-electron chi connectivity index (χ2n) is 7.61. The molecule has 4 aromatic rings. The van der Waals surface area contributed by atoms with Crippen molar-refractivity contribution in [2.45, 2.75) is 0 Å². The van der Waals surface area contributed by atoms with E-state index < -0.39 is 0 Å². The van der Waals surface area contributed by atoms with Gasteiger partial charge >= 0.3 is 0 Å². The normalized spacial score (nSPS) is 11.0. The van der Waals surface area contributed by atoms with Crippen LogP contribution in [-0.2, 0) is 0 Å². The third kappa shape index (κ3) is 3.31. The molecular formula is C25H24N2O. The Bertz CT molecular complexity index is 1100. The highest BCUT2D eigenvalue weighted by Crippen LogP contribution is 2.25. The van der Waals surface area contributed by atoms with Crippen molar-refractivity contribution >= 4 is 38.7 Å². The van der Waals surface area contributed by atoms with Gasteiger partial charge < -0.3 is 9.80 Å². The molecule has 0 aliphatic heterocycles. The number of rotatable bonds is 4. The Balaban J connectivity index is 1.70. The summed E-state index contributed by atoms with van der Waals surface area (Å²) in [5.74, 6) is 0.0529. The second-order valence-corrected chi connectivity index (χ2v) is 7.61. The Morgan fingerprint density at radius 2 is 0.893 bits per heavy atom. The van der Waals surface area contributed by atoms with Crippen LogP contribution in [0, 0.1) is 0 Å². The molecule has 0 saturated carbocycles. The van der Waals surface area contributed by atoms with Gasteiger partial charge in [-0.15, -0.1) is 0 Å². The molecule has 3 heteroatoms. The molecule has 0 aliphatic rings. The number of ketones is 1. The summed E-state index contributed by atoms with van der Waals surface area (Å²) in [6, 6.07) is 24.4. The van der Waals surface area contributed by atoms with E-state index in [-0.39, 0.29) is 5.78 Å². The van der Waals surface area contributed by atoms with Crippen LogP contribution in [0.3, 0.4) is 0 Å². The number of nitrogens with zero attached hydrogens (tertiary/aromatic N) is 2. The average Bonchev–Trinajstić information content (AvgIpc) is 2.71. The molecule has 0 aliphatic carbocycles. The molecule has 4 aromatic carbocycles. The highest BCUT2D eigenvalue weighted by atomic mass is 16.1. The monoisotopic (exact) mass is 368 g/mol. The Morgan fingerprint density at radius 3 is 1.29 bits per heavy atom. The smallest absolute Gasteiger partial charge is 0.193 e. The second kappa shape index (κ2) is 7.01. The molecule has 0 atom stereocenters. The maximum absolute atomic E-state index is 13.1. The largest absolute Gasteiger partial charge is 0.378 e. The van der Waals surface area contributed by atoms with Crippen LogP contribution in [0.1, 0.15) is 15.9 Å². The summed E-state index contributed by atoms with van der Waals surface area (Å²) < 4.78 is 0. The Hall–Kier alpha value is -3.33. The van der Waals surface area contributed by atoms with E-state index in [9.17, 15) is 4.79 Å². The summed E-state index contributed by atoms with van der Waals surface area (Å²) in [6.07, 6.45) is 0. The highest BCUT2D eigenvalue weighted by Gasteiger charge is 2.11. The fourth-order valence-corrected chi connectivity index (χ4v) is 3.47. The van der Waals surface area contributed by atoms with Gasteiger partial charge in [0.25, 0.3) is 0 Å². The maximum atomic E-state index is 13.1. The molecule has 0 saturated heterocycles. The molecule has 0 heterocycles. The first-order chi connectivity index (χ1) is 13.4. The molecule has 0 aromatic heterocycles. The number of hydrogen-bond donors (Lipinski definition) is 0. The van der Waals surface area contributed by atoms with Gasteiger partial charge in [0.2, 0.25) is 0 Å². The first-order valence-electron chi connectivity index (χ1n) is 9.39. The number of fused-ring (bicyclic) bond motifs is 2. The van der Waals surface area contributed by atoms with E-state index >= 15 is 0 Å². The van der Waals surface area contributed by atoms with Crippen LogP contribution >= 0.6 is 0 Å². The minimum absolute atomic E-state index is 0.0529. The van der Waals surface area contributed by atoms with E-state index in [1.807, 2.05) is 64.6 Å². The van der Waals surface area contributed by atoms with Crippen LogP contribution in [0.4, 0.5) is 11.4 Å². The fraction of sp³-hybridized carbons (Fsp3) is 0.160. The van der Waals surface area contributed by atoms with Crippen molar-refractivity contribution in [3.63, 3.8) is 0 Å². The molecule has 0 fully saturated rings. The van der Waals surface area contributed by atoms with Crippen LogP contribution in [0.15, 0.2) is 72.8 Å². The molecule has 4 rings (SSSR count). The van der Waals surface area contributed by atoms with Crippen molar-refractivity contribution < 1.29 is 4.79 Å². The van der Waals surface area contributed by atoms with Gasteiger partial charge in [0.1, 0.15) is 0 Å². The molecule has 140 valence electrons. The topological polar surface area (TPSA) is 23.6 Å². The number of anilines is 2. The molecule has 0 unspecified atom stereocenters. The molecule has 28 heavy (non-hydrogen) atoms. The van der Waals surface area contributed by atoms with E-state index in [1.54, 1.807) is 0 Å². The number of benzene rings is 4. The van der Waals surface area contributed by atoms with Crippen LogP contribution in [-0.4, -0.2) is 34.0 Å². The molecule has 0 bridgehead atoms. The standard InChI is InChI=1S/C25H24N2O/c1-26(2)23-11-9-17-13-21(7-5-19(17)15-23)25(28)22-8-6-20-16-24(27(3)4)12-10-18(20)14-22/h5-16H,1-4H3. The van der Waals surface area contributed by atoms with Crippen molar-refractivity contribution in [2.24, 2.45) is 0 Å². The Labute approximate surface area is 165 Å². The fourth-order valence-electron chi connectivity index (χ4n) is 3.47. The molecule has 0 amide bonds. The summed E-state index contributed by atoms with van der Waals surface area (Å²) in [5.41, 5.74) is 3.74. The van der Waals surface area contributed by atoms with Gasteiger partial charge in [0.15, 0.2) is 5.78 Å². The van der Waals surface area contributed by atoms with Gasteiger partial charge in [-0.3, -0.25) is 4.79 Å².